The van der Waals surface area contributed by atoms with Crippen molar-refractivity contribution in [3.05, 3.63) is 103 Å². The summed E-state index contributed by atoms with van der Waals surface area (Å²) in [5.74, 6) is -0.437. The van der Waals surface area contributed by atoms with Gasteiger partial charge in [-0.25, -0.2) is 9.78 Å². The molecule has 0 bridgehead atoms. The van der Waals surface area contributed by atoms with Crippen molar-refractivity contribution in [1.29, 1.82) is 0 Å². The number of ether oxygens (including phenoxy) is 1. The Hall–Kier alpha value is -4.12. The van der Waals surface area contributed by atoms with Crippen molar-refractivity contribution in [1.82, 2.24) is 15.0 Å². The lowest BCUT2D eigenvalue weighted by atomic mass is 10.0. The molecule has 0 aliphatic carbocycles. The molecule has 5 nitrogen and oxygen atoms in total. The van der Waals surface area contributed by atoms with E-state index in [-0.39, 0.29) is 6.61 Å². The first-order valence-corrected chi connectivity index (χ1v) is 9.46. The zero-order valence-corrected chi connectivity index (χ0v) is 16.2. The fourth-order valence-electron chi connectivity index (χ4n) is 3.00. The molecule has 5 heteroatoms. The summed E-state index contributed by atoms with van der Waals surface area (Å²) >= 11 is 0. The molecular weight excluding hydrogens is 374 g/mol. The van der Waals surface area contributed by atoms with Crippen LogP contribution in [0.5, 0.6) is 0 Å². The van der Waals surface area contributed by atoms with Gasteiger partial charge in [-0.1, -0.05) is 43.0 Å². The molecule has 0 radical (unpaired) electrons. The van der Waals surface area contributed by atoms with Crippen LogP contribution in [0.15, 0.2) is 97.8 Å². The molecule has 0 spiro atoms. The highest BCUT2D eigenvalue weighted by Crippen LogP contribution is 2.29. The van der Waals surface area contributed by atoms with Gasteiger partial charge in [0.05, 0.1) is 22.8 Å². The quantitative estimate of drug-likeness (QED) is 0.337. The van der Waals surface area contributed by atoms with E-state index in [9.17, 15) is 4.79 Å². The van der Waals surface area contributed by atoms with Gasteiger partial charge in [0, 0.05) is 18.5 Å². The monoisotopic (exact) mass is 393 g/mol. The highest BCUT2D eigenvalue weighted by Gasteiger charge is 2.10. The van der Waals surface area contributed by atoms with Crippen molar-refractivity contribution in [2.45, 2.75) is 6.61 Å². The van der Waals surface area contributed by atoms with Gasteiger partial charge in [-0.05, 0) is 53.1 Å². The Balaban J connectivity index is 1.72. The summed E-state index contributed by atoms with van der Waals surface area (Å²) in [7, 11) is 0. The molecule has 0 saturated heterocycles. The molecule has 30 heavy (non-hydrogen) atoms. The van der Waals surface area contributed by atoms with Gasteiger partial charge in [0.25, 0.3) is 0 Å². The highest BCUT2D eigenvalue weighted by molar-refractivity contribution is 5.81. The average molecular weight is 393 g/mol. The third-order valence-electron chi connectivity index (χ3n) is 4.52. The third-order valence-corrected chi connectivity index (χ3v) is 4.52. The van der Waals surface area contributed by atoms with Gasteiger partial charge in [-0.2, -0.15) is 0 Å². The predicted octanol–water partition coefficient (Wildman–Crippen LogP) is 5.10. The van der Waals surface area contributed by atoms with Crippen LogP contribution in [0.3, 0.4) is 0 Å². The summed E-state index contributed by atoms with van der Waals surface area (Å²) < 4.78 is 5.09. The van der Waals surface area contributed by atoms with Crippen LogP contribution in [-0.4, -0.2) is 20.9 Å². The Bertz CT molecular complexity index is 1100. The number of nitrogens with zero attached hydrogens (tertiary/aromatic N) is 3. The van der Waals surface area contributed by atoms with Crippen LogP contribution in [0.25, 0.3) is 33.9 Å². The lowest BCUT2D eigenvalue weighted by Crippen LogP contribution is -2.00. The molecule has 4 rings (SSSR count). The van der Waals surface area contributed by atoms with E-state index in [2.05, 4.69) is 16.5 Å². The van der Waals surface area contributed by atoms with E-state index >= 15 is 0 Å². The van der Waals surface area contributed by atoms with Crippen molar-refractivity contribution in [2.75, 3.05) is 0 Å². The molecule has 0 unspecified atom stereocenters. The number of carbonyl (C=O) groups is 1. The number of esters is 1. The Morgan fingerprint density at radius 2 is 1.40 bits per heavy atom. The SMILES string of the molecule is C=CC(=O)OCc1ccc(-c2cc(-c3ccccn3)nc(-c3ccccn3)c2)cc1. The standard InChI is InChI=1S/C25H19N3O2/c1-2-25(29)30-17-18-9-11-19(12-10-18)20-15-23(21-7-3-5-13-26-21)28-24(16-20)22-8-4-6-14-27-22/h2-16H,1,17H2. The van der Waals surface area contributed by atoms with E-state index in [0.717, 1.165) is 45.5 Å². The van der Waals surface area contributed by atoms with Crippen LogP contribution >= 0.6 is 0 Å². The smallest absolute Gasteiger partial charge is 0.330 e. The minimum Gasteiger partial charge on any atom is -0.458 e. The van der Waals surface area contributed by atoms with Gasteiger partial charge in [0.2, 0.25) is 0 Å². The molecule has 1 aromatic carbocycles. The van der Waals surface area contributed by atoms with Crippen LogP contribution in [-0.2, 0) is 16.1 Å². The number of rotatable bonds is 6. The molecule has 0 amide bonds. The van der Waals surface area contributed by atoms with Gasteiger partial charge >= 0.3 is 5.97 Å². The first-order valence-electron chi connectivity index (χ1n) is 9.46. The van der Waals surface area contributed by atoms with Gasteiger partial charge < -0.3 is 4.74 Å². The zero-order valence-electron chi connectivity index (χ0n) is 16.2. The maximum Gasteiger partial charge on any atom is 0.330 e. The van der Waals surface area contributed by atoms with Crippen molar-refractivity contribution in [3.8, 4) is 33.9 Å². The van der Waals surface area contributed by atoms with Gasteiger partial charge in [-0.3, -0.25) is 9.97 Å². The fraction of sp³-hybridized carbons (Fsp3) is 0.0400. The molecule has 0 saturated carbocycles. The number of benzene rings is 1. The molecule has 146 valence electrons. The van der Waals surface area contributed by atoms with E-state index in [0.29, 0.717) is 0 Å². The summed E-state index contributed by atoms with van der Waals surface area (Å²) in [4.78, 5) is 24.9. The second kappa shape index (κ2) is 8.92. The van der Waals surface area contributed by atoms with Crippen molar-refractivity contribution >= 4 is 5.97 Å². The third kappa shape index (κ3) is 4.47. The van der Waals surface area contributed by atoms with Gasteiger partial charge in [-0.15, -0.1) is 0 Å². The topological polar surface area (TPSA) is 65.0 Å². The molecule has 4 aromatic rings. The van der Waals surface area contributed by atoms with Crippen molar-refractivity contribution in [3.63, 3.8) is 0 Å². The maximum absolute atomic E-state index is 11.3. The second-order valence-corrected chi connectivity index (χ2v) is 6.57. The molecule has 0 aliphatic rings. The minimum absolute atomic E-state index is 0.208. The number of hydrogen-bond acceptors (Lipinski definition) is 5. The first kappa shape index (κ1) is 19.2. The lowest BCUT2D eigenvalue weighted by Gasteiger charge is -2.10. The Labute approximate surface area is 174 Å². The number of aromatic nitrogens is 3. The Kier molecular flexibility index (Phi) is 5.71. The summed E-state index contributed by atoms with van der Waals surface area (Å²) in [6.07, 6.45) is 4.66. The number of carbonyl (C=O) groups excluding carboxylic acids is 1. The largest absolute Gasteiger partial charge is 0.458 e. The molecule has 0 N–H and O–H groups in total. The van der Waals surface area contributed by atoms with Crippen LogP contribution in [0, 0.1) is 0 Å². The Morgan fingerprint density at radius 3 is 1.90 bits per heavy atom. The van der Waals surface area contributed by atoms with Crippen LogP contribution in [0.1, 0.15) is 5.56 Å². The minimum atomic E-state index is -0.437. The summed E-state index contributed by atoms with van der Waals surface area (Å²) in [6.45, 7) is 3.61. The van der Waals surface area contributed by atoms with E-state index in [4.69, 9.17) is 9.72 Å². The highest BCUT2D eigenvalue weighted by atomic mass is 16.5. The van der Waals surface area contributed by atoms with Crippen molar-refractivity contribution < 1.29 is 9.53 Å². The van der Waals surface area contributed by atoms with Crippen LogP contribution < -0.4 is 0 Å². The zero-order chi connectivity index (χ0) is 20.8. The lowest BCUT2D eigenvalue weighted by molar-refractivity contribution is -0.138. The van der Waals surface area contributed by atoms with E-state index in [1.165, 1.54) is 0 Å². The van der Waals surface area contributed by atoms with E-state index < -0.39 is 5.97 Å². The fourth-order valence-corrected chi connectivity index (χ4v) is 3.00. The second-order valence-electron chi connectivity index (χ2n) is 6.57. The molecule has 0 atom stereocenters. The van der Waals surface area contributed by atoms with E-state index in [1.807, 2.05) is 72.8 Å². The van der Waals surface area contributed by atoms with E-state index in [1.54, 1.807) is 12.4 Å². The summed E-state index contributed by atoms with van der Waals surface area (Å²) in [5, 5.41) is 0. The molecule has 3 aromatic heterocycles. The molecule has 0 aliphatic heterocycles. The first-order chi connectivity index (χ1) is 14.7. The maximum atomic E-state index is 11.3. The molecular formula is C25H19N3O2. The van der Waals surface area contributed by atoms with Gasteiger partial charge in [0.1, 0.15) is 6.61 Å². The Morgan fingerprint density at radius 1 is 0.800 bits per heavy atom. The molecule has 3 heterocycles. The predicted molar refractivity (Wildman–Crippen MR) is 116 cm³/mol. The normalized spacial score (nSPS) is 10.4. The number of pyridine rings is 3. The average Bonchev–Trinajstić information content (AvgIpc) is 2.83. The summed E-state index contributed by atoms with van der Waals surface area (Å²) in [5.41, 5.74) is 6.06. The molecule has 0 fully saturated rings. The summed E-state index contributed by atoms with van der Waals surface area (Å²) in [6, 6.07) is 23.4. The van der Waals surface area contributed by atoms with Crippen LogP contribution in [0.4, 0.5) is 0 Å². The van der Waals surface area contributed by atoms with Gasteiger partial charge in [0.15, 0.2) is 0 Å². The van der Waals surface area contributed by atoms with Crippen LogP contribution in [0.2, 0.25) is 0 Å². The number of hydrogen-bond donors (Lipinski definition) is 0. The van der Waals surface area contributed by atoms with Crippen molar-refractivity contribution in [2.24, 2.45) is 0 Å².